The highest BCUT2D eigenvalue weighted by molar-refractivity contribution is 5.68. The molecule has 1 unspecified atom stereocenters. The smallest absolute Gasteiger partial charge is 0.433 e. The van der Waals surface area contributed by atoms with E-state index in [9.17, 15) is 28.2 Å². The van der Waals surface area contributed by atoms with E-state index in [0.29, 0.717) is 43.0 Å². The van der Waals surface area contributed by atoms with Gasteiger partial charge >= 0.3 is 12.3 Å². The molecule has 3 heterocycles. The van der Waals surface area contributed by atoms with Crippen LogP contribution in [0.2, 0.25) is 0 Å². The predicted octanol–water partition coefficient (Wildman–Crippen LogP) is 3.96. The zero-order valence-corrected chi connectivity index (χ0v) is 21.4. The third-order valence-corrected chi connectivity index (χ3v) is 5.97. The molecule has 3 rings (SSSR count). The molecule has 0 aliphatic carbocycles. The van der Waals surface area contributed by atoms with E-state index in [4.69, 9.17) is 9.47 Å². The summed E-state index contributed by atoms with van der Waals surface area (Å²) < 4.78 is 50.0. The number of pyridine rings is 1. The van der Waals surface area contributed by atoms with E-state index in [2.05, 4.69) is 15.0 Å². The molecular formula is C25H33F3N4O5. The van der Waals surface area contributed by atoms with Crippen LogP contribution >= 0.6 is 0 Å². The number of halogens is 3. The number of likely N-dealkylation sites (tertiary alicyclic amines) is 1. The van der Waals surface area contributed by atoms with Gasteiger partial charge in [0.1, 0.15) is 29.3 Å². The fourth-order valence-electron chi connectivity index (χ4n) is 4.14. The molecule has 37 heavy (non-hydrogen) atoms. The summed E-state index contributed by atoms with van der Waals surface area (Å²) in [5, 5.41) is 21.2. The largest absolute Gasteiger partial charge is 0.474 e. The zero-order valence-electron chi connectivity index (χ0n) is 21.4. The van der Waals surface area contributed by atoms with Gasteiger partial charge in [-0.05, 0) is 46.6 Å². The second-order valence-corrected chi connectivity index (χ2v) is 10.1. The maximum absolute atomic E-state index is 13.0. The molecule has 1 aliphatic rings. The number of nitrogens with zero attached hydrogens (tertiary/aromatic N) is 4. The molecule has 0 radical (unpaired) electrons. The van der Waals surface area contributed by atoms with Crippen molar-refractivity contribution in [3.05, 3.63) is 47.2 Å². The minimum absolute atomic E-state index is 0.132. The summed E-state index contributed by atoms with van der Waals surface area (Å²) in [4.78, 5) is 26.3. The van der Waals surface area contributed by atoms with Gasteiger partial charge in [-0.1, -0.05) is 6.07 Å². The number of alkyl halides is 3. The third-order valence-electron chi connectivity index (χ3n) is 5.97. The number of rotatable bonds is 7. The first kappa shape index (κ1) is 28.6. The van der Waals surface area contributed by atoms with Crippen LogP contribution in [0.3, 0.4) is 0 Å². The summed E-state index contributed by atoms with van der Waals surface area (Å²) in [6.45, 7) is 7.05. The molecule has 2 aromatic heterocycles. The molecule has 12 heteroatoms. The summed E-state index contributed by atoms with van der Waals surface area (Å²) in [7, 11) is 0. The molecule has 0 aromatic carbocycles. The molecule has 1 atom stereocenters. The predicted molar refractivity (Wildman–Crippen MR) is 127 cm³/mol. The lowest BCUT2D eigenvalue weighted by atomic mass is 9.83. The molecule has 1 saturated heterocycles. The molecule has 0 saturated carbocycles. The minimum Gasteiger partial charge on any atom is -0.474 e. The van der Waals surface area contributed by atoms with Gasteiger partial charge in [0, 0.05) is 49.9 Å². The Kier molecular flexibility index (Phi) is 8.63. The molecule has 1 fully saturated rings. The Labute approximate surface area is 213 Å². The van der Waals surface area contributed by atoms with Gasteiger partial charge in [0.25, 0.3) is 0 Å². The monoisotopic (exact) mass is 526 g/mol. The van der Waals surface area contributed by atoms with E-state index in [0.717, 1.165) is 12.1 Å². The molecule has 204 valence electrons. The van der Waals surface area contributed by atoms with Crippen molar-refractivity contribution in [1.82, 2.24) is 19.9 Å². The first-order valence-corrected chi connectivity index (χ1v) is 12.0. The number of aromatic nitrogens is 3. The molecule has 2 N–H and O–H groups in total. The Bertz CT molecular complexity index is 1080. The van der Waals surface area contributed by atoms with Crippen molar-refractivity contribution in [3.63, 3.8) is 0 Å². The molecule has 1 amide bonds. The van der Waals surface area contributed by atoms with Crippen molar-refractivity contribution in [2.45, 2.75) is 70.3 Å². The Morgan fingerprint density at radius 2 is 1.84 bits per heavy atom. The van der Waals surface area contributed by atoms with Gasteiger partial charge in [-0.15, -0.1) is 0 Å². The third kappa shape index (κ3) is 7.51. The van der Waals surface area contributed by atoms with E-state index in [1.807, 2.05) is 0 Å². The van der Waals surface area contributed by atoms with Crippen LogP contribution in [0.4, 0.5) is 18.0 Å². The standard InChI is InChI=1S/C25H33F3N4O5/c1-16-29-14-18(21(30-16)17-8-11-32(12-9-17)22(34)37-23(2,3)4)24(35,10-13-33)15-36-20-7-5-6-19(31-20)25(26,27)28/h5-7,14,17,33,35H,8-13,15H2,1-4H3. The minimum atomic E-state index is -4.65. The molecular weight excluding hydrogens is 493 g/mol. The molecule has 2 aromatic rings. The number of amides is 1. The highest BCUT2D eigenvalue weighted by Crippen LogP contribution is 2.36. The van der Waals surface area contributed by atoms with E-state index in [1.54, 1.807) is 32.6 Å². The van der Waals surface area contributed by atoms with Crippen molar-refractivity contribution in [3.8, 4) is 5.88 Å². The fourth-order valence-corrected chi connectivity index (χ4v) is 4.14. The number of piperidine rings is 1. The van der Waals surface area contributed by atoms with Crippen molar-refractivity contribution in [2.24, 2.45) is 0 Å². The van der Waals surface area contributed by atoms with Gasteiger partial charge in [-0.3, -0.25) is 0 Å². The van der Waals surface area contributed by atoms with Crippen molar-refractivity contribution < 1.29 is 37.7 Å². The number of carbonyl (C=O) groups is 1. The van der Waals surface area contributed by atoms with Crippen LogP contribution in [0.15, 0.2) is 24.4 Å². The first-order chi connectivity index (χ1) is 17.2. The van der Waals surface area contributed by atoms with Crippen LogP contribution in [0.1, 0.15) is 68.7 Å². The van der Waals surface area contributed by atoms with Gasteiger partial charge in [-0.25, -0.2) is 19.7 Å². The average molecular weight is 527 g/mol. The lowest BCUT2D eigenvalue weighted by Crippen LogP contribution is -2.42. The maximum Gasteiger partial charge on any atom is 0.433 e. The van der Waals surface area contributed by atoms with Crippen molar-refractivity contribution >= 4 is 6.09 Å². The normalized spacial score (nSPS) is 16.8. The summed E-state index contributed by atoms with van der Waals surface area (Å²) in [5.41, 5.74) is -2.66. The maximum atomic E-state index is 13.0. The first-order valence-electron chi connectivity index (χ1n) is 12.0. The summed E-state index contributed by atoms with van der Waals surface area (Å²) in [6, 6.07) is 3.24. The SMILES string of the molecule is Cc1ncc(C(O)(CCO)COc2cccc(C(F)(F)F)n2)c(C2CCN(C(=O)OC(C)(C)C)CC2)n1. The number of hydrogen-bond donors (Lipinski definition) is 2. The van der Waals surface area contributed by atoms with Gasteiger partial charge in [0.15, 0.2) is 0 Å². The van der Waals surface area contributed by atoms with Crippen LogP contribution in [-0.2, 0) is 16.5 Å². The Morgan fingerprint density at radius 1 is 1.16 bits per heavy atom. The number of ether oxygens (including phenoxy) is 2. The van der Waals surface area contributed by atoms with Gasteiger partial charge in [0.05, 0.1) is 5.69 Å². The lowest BCUT2D eigenvalue weighted by Gasteiger charge is -2.35. The van der Waals surface area contributed by atoms with Crippen LogP contribution in [0.5, 0.6) is 5.88 Å². The number of aliphatic hydroxyl groups excluding tert-OH is 1. The van der Waals surface area contributed by atoms with Crippen molar-refractivity contribution in [2.75, 3.05) is 26.3 Å². The lowest BCUT2D eigenvalue weighted by molar-refractivity contribution is -0.141. The zero-order chi connectivity index (χ0) is 27.4. The topological polar surface area (TPSA) is 118 Å². The Balaban J connectivity index is 1.82. The van der Waals surface area contributed by atoms with Crippen LogP contribution in [0, 0.1) is 6.92 Å². The molecule has 1 aliphatic heterocycles. The van der Waals surface area contributed by atoms with E-state index >= 15 is 0 Å². The van der Waals surface area contributed by atoms with Gasteiger partial charge < -0.3 is 24.6 Å². The Hall–Kier alpha value is -2.99. The molecule has 9 nitrogen and oxygen atoms in total. The molecule has 0 bridgehead atoms. The number of aliphatic hydroxyl groups is 2. The highest BCUT2D eigenvalue weighted by Gasteiger charge is 2.38. The van der Waals surface area contributed by atoms with Gasteiger partial charge in [0.2, 0.25) is 5.88 Å². The number of hydrogen-bond acceptors (Lipinski definition) is 8. The quantitative estimate of drug-likeness (QED) is 0.557. The second kappa shape index (κ2) is 11.2. The fraction of sp³-hybridized carbons (Fsp3) is 0.600. The van der Waals surface area contributed by atoms with E-state index < -0.39 is 42.4 Å². The highest BCUT2D eigenvalue weighted by atomic mass is 19.4. The number of carbonyl (C=O) groups excluding carboxylic acids is 1. The van der Waals surface area contributed by atoms with Crippen molar-refractivity contribution in [1.29, 1.82) is 0 Å². The van der Waals surface area contributed by atoms with E-state index in [1.165, 1.54) is 12.3 Å². The summed E-state index contributed by atoms with van der Waals surface area (Å²) >= 11 is 0. The summed E-state index contributed by atoms with van der Waals surface area (Å²) in [6.07, 6.45) is -2.66. The average Bonchev–Trinajstić information content (AvgIpc) is 2.81. The van der Waals surface area contributed by atoms with Gasteiger partial charge in [-0.2, -0.15) is 13.2 Å². The summed E-state index contributed by atoms with van der Waals surface area (Å²) in [5.74, 6) is 0.0267. The van der Waals surface area contributed by atoms with Crippen LogP contribution < -0.4 is 4.74 Å². The van der Waals surface area contributed by atoms with E-state index in [-0.39, 0.29) is 18.2 Å². The second-order valence-electron chi connectivity index (χ2n) is 10.1. The van der Waals surface area contributed by atoms with Crippen LogP contribution in [-0.4, -0.2) is 68.1 Å². The number of aryl methyl sites for hydroxylation is 1. The molecule has 0 spiro atoms. The Morgan fingerprint density at radius 3 is 2.43 bits per heavy atom. The van der Waals surface area contributed by atoms with Crippen LogP contribution in [0.25, 0.3) is 0 Å².